The quantitative estimate of drug-likeness (QED) is 0.377. The number of nitro benzene ring substituents is 1. The van der Waals surface area contributed by atoms with E-state index in [1.807, 2.05) is 31.2 Å². The molecule has 1 atom stereocenters. The lowest BCUT2D eigenvalue weighted by atomic mass is 9.92. The summed E-state index contributed by atoms with van der Waals surface area (Å²) >= 11 is 5.38. The van der Waals surface area contributed by atoms with Crippen molar-refractivity contribution >= 4 is 28.8 Å². The topological polar surface area (TPSA) is 93.9 Å². The summed E-state index contributed by atoms with van der Waals surface area (Å²) in [7, 11) is 3.18. The minimum atomic E-state index is -0.644. The molecule has 1 heterocycles. The van der Waals surface area contributed by atoms with Crippen LogP contribution in [-0.4, -0.2) is 34.9 Å². The van der Waals surface area contributed by atoms with Gasteiger partial charge < -0.3 is 19.7 Å². The number of ketones is 1. The van der Waals surface area contributed by atoms with Crippen molar-refractivity contribution in [3.8, 4) is 11.5 Å². The highest BCUT2D eigenvalue weighted by Crippen LogP contribution is 2.42. The maximum absolute atomic E-state index is 12.4. The molecule has 0 bridgehead atoms. The first-order chi connectivity index (χ1) is 15.1. The lowest BCUT2D eigenvalue weighted by molar-refractivity contribution is -0.386. The van der Waals surface area contributed by atoms with Gasteiger partial charge in [0.1, 0.15) is 6.61 Å². The number of ether oxygens (including phenoxy) is 2. The molecule has 32 heavy (non-hydrogen) atoms. The molecule has 0 saturated carbocycles. The molecule has 0 spiro atoms. The molecule has 2 aromatic carbocycles. The predicted octanol–water partition coefficient (Wildman–Crippen LogP) is 4.21. The largest absolute Gasteiger partial charge is 0.493 e. The van der Waals surface area contributed by atoms with Crippen molar-refractivity contribution in [2.24, 2.45) is 0 Å². The smallest absolute Gasteiger partial charge is 0.315 e. The van der Waals surface area contributed by atoms with Crippen LogP contribution in [0.2, 0.25) is 0 Å². The number of benzene rings is 2. The number of nitro groups is 1. The van der Waals surface area contributed by atoms with Gasteiger partial charge in [0.2, 0.25) is 5.75 Å². The summed E-state index contributed by atoms with van der Waals surface area (Å²) in [6.45, 7) is 5.35. The molecule has 3 rings (SSSR count). The van der Waals surface area contributed by atoms with E-state index in [2.05, 4.69) is 5.32 Å². The molecular formula is C23H25N3O5S. The van der Waals surface area contributed by atoms with Crippen LogP contribution in [0.25, 0.3) is 0 Å². The molecule has 0 aromatic heterocycles. The highest BCUT2D eigenvalue weighted by molar-refractivity contribution is 7.80. The predicted molar refractivity (Wildman–Crippen MR) is 125 cm³/mol. The molecule has 1 aliphatic heterocycles. The van der Waals surface area contributed by atoms with E-state index in [0.29, 0.717) is 21.9 Å². The maximum Gasteiger partial charge on any atom is 0.315 e. The number of rotatable bonds is 7. The summed E-state index contributed by atoms with van der Waals surface area (Å²) in [6, 6.07) is 10.0. The van der Waals surface area contributed by atoms with Crippen LogP contribution in [-0.2, 0) is 11.4 Å². The standard InChI is InChI=1S/C23H25N3O5S/c1-13-8-6-7-9-16(13)12-31-22-18(26(28)29)10-17(11-19(22)30-5)21-20(15(3)27)14(2)25(4)23(32)24-21/h6-11,21H,12H2,1-5H3,(H,24,32). The van der Waals surface area contributed by atoms with Crippen molar-refractivity contribution in [1.29, 1.82) is 0 Å². The van der Waals surface area contributed by atoms with E-state index in [0.717, 1.165) is 11.1 Å². The molecule has 0 saturated heterocycles. The molecule has 8 nitrogen and oxygen atoms in total. The van der Waals surface area contributed by atoms with Gasteiger partial charge >= 0.3 is 5.69 Å². The Labute approximate surface area is 192 Å². The molecule has 0 radical (unpaired) electrons. The van der Waals surface area contributed by atoms with Crippen molar-refractivity contribution in [3.05, 3.63) is 74.5 Å². The van der Waals surface area contributed by atoms with E-state index in [1.54, 1.807) is 24.9 Å². The molecule has 9 heteroatoms. The van der Waals surface area contributed by atoms with Gasteiger partial charge in [-0.1, -0.05) is 24.3 Å². The number of carbonyl (C=O) groups is 1. The Bertz CT molecular complexity index is 1130. The van der Waals surface area contributed by atoms with Gasteiger partial charge in [-0.15, -0.1) is 0 Å². The van der Waals surface area contributed by atoms with E-state index in [4.69, 9.17) is 21.7 Å². The monoisotopic (exact) mass is 455 g/mol. The van der Waals surface area contributed by atoms with Crippen molar-refractivity contribution in [2.75, 3.05) is 14.2 Å². The fourth-order valence-corrected chi connectivity index (χ4v) is 3.93. The van der Waals surface area contributed by atoms with Crippen LogP contribution in [0.1, 0.15) is 36.6 Å². The summed E-state index contributed by atoms with van der Waals surface area (Å²) in [5.74, 6) is 0.0796. The van der Waals surface area contributed by atoms with Crippen LogP contribution in [0.3, 0.4) is 0 Å². The number of nitrogens with one attached hydrogen (secondary N) is 1. The Kier molecular flexibility index (Phi) is 6.78. The highest BCUT2D eigenvalue weighted by Gasteiger charge is 2.33. The number of hydrogen-bond acceptors (Lipinski definition) is 6. The van der Waals surface area contributed by atoms with Crippen LogP contribution < -0.4 is 14.8 Å². The van der Waals surface area contributed by atoms with Gasteiger partial charge in [0.25, 0.3) is 0 Å². The van der Waals surface area contributed by atoms with Gasteiger partial charge in [-0.05, 0) is 55.7 Å². The SMILES string of the molecule is COc1cc(C2NC(=S)N(C)C(C)=C2C(C)=O)cc([N+](=O)[O-])c1OCc1ccccc1C. The lowest BCUT2D eigenvalue weighted by Crippen LogP contribution is -2.45. The van der Waals surface area contributed by atoms with Gasteiger partial charge in [-0.2, -0.15) is 0 Å². The van der Waals surface area contributed by atoms with Crippen LogP contribution >= 0.6 is 12.2 Å². The number of carbonyl (C=O) groups excluding carboxylic acids is 1. The zero-order valence-electron chi connectivity index (χ0n) is 18.6. The summed E-state index contributed by atoms with van der Waals surface area (Å²) in [5.41, 5.74) is 3.32. The zero-order valence-corrected chi connectivity index (χ0v) is 19.4. The summed E-state index contributed by atoms with van der Waals surface area (Å²) in [4.78, 5) is 25.5. The second kappa shape index (κ2) is 9.35. The summed E-state index contributed by atoms with van der Waals surface area (Å²) in [5, 5.41) is 15.5. The molecule has 0 fully saturated rings. The van der Waals surface area contributed by atoms with E-state index in [9.17, 15) is 14.9 Å². The number of aryl methyl sites for hydroxylation is 1. The van der Waals surface area contributed by atoms with E-state index in [1.165, 1.54) is 20.1 Å². The third kappa shape index (κ3) is 4.43. The molecule has 168 valence electrons. The number of Topliss-reactive ketones (excluding diaryl/α,β-unsaturated/α-hetero) is 1. The highest BCUT2D eigenvalue weighted by atomic mass is 32.1. The minimum Gasteiger partial charge on any atom is -0.493 e. The first-order valence-electron chi connectivity index (χ1n) is 9.95. The third-order valence-corrected chi connectivity index (χ3v) is 5.97. The average molecular weight is 456 g/mol. The Hall–Kier alpha value is -3.46. The molecule has 2 aromatic rings. The number of nitrogens with zero attached hydrogens (tertiary/aromatic N) is 2. The average Bonchev–Trinajstić information content (AvgIpc) is 2.75. The van der Waals surface area contributed by atoms with Crippen molar-refractivity contribution < 1.29 is 19.2 Å². The third-order valence-electron chi connectivity index (χ3n) is 5.57. The van der Waals surface area contributed by atoms with Crippen molar-refractivity contribution in [3.63, 3.8) is 0 Å². The van der Waals surface area contributed by atoms with E-state index < -0.39 is 11.0 Å². The fraction of sp³-hybridized carbons (Fsp3) is 0.304. The first kappa shape index (κ1) is 23.2. The maximum atomic E-state index is 12.4. The van der Waals surface area contributed by atoms with Crippen LogP contribution in [0.5, 0.6) is 11.5 Å². The molecule has 1 aliphatic rings. The van der Waals surface area contributed by atoms with E-state index in [-0.39, 0.29) is 29.6 Å². The molecule has 0 aliphatic carbocycles. The van der Waals surface area contributed by atoms with Gasteiger partial charge in [0.05, 0.1) is 18.1 Å². The molecular weight excluding hydrogens is 430 g/mol. The lowest BCUT2D eigenvalue weighted by Gasteiger charge is -2.35. The second-order valence-corrected chi connectivity index (χ2v) is 7.93. The normalized spacial score (nSPS) is 16.0. The van der Waals surface area contributed by atoms with Crippen LogP contribution in [0.4, 0.5) is 5.69 Å². The summed E-state index contributed by atoms with van der Waals surface area (Å²) < 4.78 is 11.3. The molecule has 1 unspecified atom stereocenters. The Morgan fingerprint density at radius 1 is 1.28 bits per heavy atom. The van der Waals surface area contributed by atoms with Crippen LogP contribution in [0, 0.1) is 17.0 Å². The van der Waals surface area contributed by atoms with Crippen molar-refractivity contribution in [2.45, 2.75) is 33.4 Å². The van der Waals surface area contributed by atoms with Crippen LogP contribution in [0.15, 0.2) is 47.7 Å². The van der Waals surface area contributed by atoms with Gasteiger partial charge in [-0.3, -0.25) is 14.9 Å². The summed E-state index contributed by atoms with van der Waals surface area (Å²) in [6.07, 6.45) is 0. The second-order valence-electron chi connectivity index (χ2n) is 7.54. The Morgan fingerprint density at radius 2 is 1.97 bits per heavy atom. The number of thiocarbonyl (C=S) groups is 1. The van der Waals surface area contributed by atoms with Gasteiger partial charge in [0.15, 0.2) is 16.6 Å². The Balaban J connectivity index is 2.09. The Morgan fingerprint density at radius 3 is 2.56 bits per heavy atom. The zero-order chi connectivity index (χ0) is 23.6. The number of hydrogen-bond donors (Lipinski definition) is 1. The number of methoxy groups -OCH3 is 1. The van der Waals surface area contributed by atoms with Crippen molar-refractivity contribution in [1.82, 2.24) is 10.2 Å². The number of allylic oxidation sites excluding steroid dienone is 1. The van der Waals surface area contributed by atoms with E-state index >= 15 is 0 Å². The van der Waals surface area contributed by atoms with Gasteiger partial charge in [-0.25, -0.2) is 0 Å². The van der Waals surface area contributed by atoms with Gasteiger partial charge in [0, 0.05) is 24.4 Å². The molecule has 1 N–H and O–H groups in total. The molecule has 0 amide bonds. The minimum absolute atomic E-state index is 0.0325. The fourth-order valence-electron chi connectivity index (χ4n) is 3.67. The first-order valence-corrected chi connectivity index (χ1v) is 10.4.